The standard InChI is InChI=1S/C16H17NO5S/c18-23(19,9-8-20-11-13-4-2-1-3-5-13)17-14-6-7-15-16(10-14)22-12-21-15/h1-7,10,17H,8-9,11-12H2. The van der Waals surface area contributed by atoms with Gasteiger partial charge < -0.3 is 14.2 Å². The molecule has 122 valence electrons. The van der Waals surface area contributed by atoms with E-state index in [-0.39, 0.29) is 19.2 Å². The number of ether oxygens (including phenoxy) is 3. The second kappa shape index (κ2) is 6.89. The van der Waals surface area contributed by atoms with E-state index in [0.717, 1.165) is 5.56 Å². The monoisotopic (exact) mass is 335 g/mol. The van der Waals surface area contributed by atoms with Crippen LogP contribution in [0.1, 0.15) is 5.56 Å². The Morgan fingerprint density at radius 1 is 1.04 bits per heavy atom. The summed E-state index contributed by atoms with van der Waals surface area (Å²) >= 11 is 0. The molecule has 0 atom stereocenters. The molecule has 1 aliphatic rings. The van der Waals surface area contributed by atoms with Gasteiger partial charge in [-0.05, 0) is 17.7 Å². The summed E-state index contributed by atoms with van der Waals surface area (Å²) in [6, 6.07) is 14.5. The minimum atomic E-state index is -3.48. The molecule has 0 saturated carbocycles. The third-order valence-corrected chi connectivity index (χ3v) is 4.50. The molecule has 1 N–H and O–H groups in total. The molecule has 7 heteroatoms. The summed E-state index contributed by atoms with van der Waals surface area (Å²) in [5.74, 6) is 1.03. The molecule has 0 radical (unpaired) electrons. The van der Waals surface area contributed by atoms with Crippen molar-refractivity contribution in [2.45, 2.75) is 6.61 Å². The van der Waals surface area contributed by atoms with E-state index in [0.29, 0.717) is 23.8 Å². The fraction of sp³-hybridized carbons (Fsp3) is 0.250. The first-order valence-electron chi connectivity index (χ1n) is 7.14. The molecule has 3 rings (SSSR count). The second-order valence-electron chi connectivity index (χ2n) is 5.03. The molecule has 0 aliphatic carbocycles. The lowest BCUT2D eigenvalue weighted by Crippen LogP contribution is -2.20. The van der Waals surface area contributed by atoms with Gasteiger partial charge in [-0.2, -0.15) is 0 Å². The highest BCUT2D eigenvalue weighted by Gasteiger charge is 2.16. The SMILES string of the molecule is O=S(=O)(CCOCc1ccccc1)Nc1ccc2c(c1)OCO2. The highest BCUT2D eigenvalue weighted by atomic mass is 32.2. The molecule has 6 nitrogen and oxygen atoms in total. The Kier molecular flexibility index (Phi) is 4.68. The van der Waals surface area contributed by atoms with Crippen LogP contribution in [-0.2, 0) is 21.4 Å². The minimum Gasteiger partial charge on any atom is -0.454 e. The normalized spacial score (nSPS) is 13.0. The fourth-order valence-electron chi connectivity index (χ4n) is 2.12. The van der Waals surface area contributed by atoms with Gasteiger partial charge in [0.25, 0.3) is 0 Å². The fourth-order valence-corrected chi connectivity index (χ4v) is 3.05. The van der Waals surface area contributed by atoms with Crippen LogP contribution in [0, 0.1) is 0 Å². The summed E-state index contributed by atoms with van der Waals surface area (Å²) in [6.45, 7) is 0.661. The number of hydrogen-bond acceptors (Lipinski definition) is 5. The van der Waals surface area contributed by atoms with Gasteiger partial charge in [0.05, 0.1) is 24.7 Å². The molecular formula is C16H17NO5S. The van der Waals surface area contributed by atoms with Crippen molar-refractivity contribution in [2.24, 2.45) is 0 Å². The summed E-state index contributed by atoms with van der Waals surface area (Å²) in [5, 5.41) is 0. The zero-order valence-corrected chi connectivity index (χ0v) is 13.2. The van der Waals surface area contributed by atoms with Crippen molar-refractivity contribution in [1.29, 1.82) is 0 Å². The summed E-state index contributed by atoms with van der Waals surface area (Å²) in [6.07, 6.45) is 0. The highest BCUT2D eigenvalue weighted by Crippen LogP contribution is 2.34. The van der Waals surface area contributed by atoms with Crippen molar-refractivity contribution < 1.29 is 22.6 Å². The van der Waals surface area contributed by atoms with Crippen LogP contribution in [0.5, 0.6) is 11.5 Å². The molecule has 0 spiro atoms. The Balaban J connectivity index is 1.49. The highest BCUT2D eigenvalue weighted by molar-refractivity contribution is 7.92. The molecule has 0 fully saturated rings. The van der Waals surface area contributed by atoms with Gasteiger partial charge in [-0.3, -0.25) is 4.72 Å². The number of sulfonamides is 1. The first kappa shape index (κ1) is 15.6. The third kappa shape index (κ3) is 4.37. The average Bonchev–Trinajstić information content (AvgIpc) is 3.00. The topological polar surface area (TPSA) is 73.9 Å². The van der Waals surface area contributed by atoms with Crippen LogP contribution in [0.3, 0.4) is 0 Å². The Morgan fingerprint density at radius 3 is 2.65 bits per heavy atom. The van der Waals surface area contributed by atoms with Gasteiger partial charge in [0.15, 0.2) is 11.5 Å². The summed E-state index contributed by atoms with van der Waals surface area (Å²) < 4.78 is 42.4. The van der Waals surface area contributed by atoms with Crippen molar-refractivity contribution in [1.82, 2.24) is 0 Å². The number of anilines is 1. The van der Waals surface area contributed by atoms with E-state index in [9.17, 15) is 8.42 Å². The molecule has 0 amide bonds. The van der Waals surface area contributed by atoms with E-state index in [1.807, 2.05) is 30.3 Å². The van der Waals surface area contributed by atoms with Crippen molar-refractivity contribution >= 4 is 15.7 Å². The van der Waals surface area contributed by atoms with E-state index >= 15 is 0 Å². The number of fused-ring (bicyclic) bond motifs is 1. The lowest BCUT2D eigenvalue weighted by Gasteiger charge is -2.09. The molecule has 0 bridgehead atoms. The largest absolute Gasteiger partial charge is 0.454 e. The van der Waals surface area contributed by atoms with E-state index in [2.05, 4.69) is 4.72 Å². The van der Waals surface area contributed by atoms with Crippen LogP contribution in [0.4, 0.5) is 5.69 Å². The van der Waals surface area contributed by atoms with Crippen molar-refractivity contribution in [3.05, 3.63) is 54.1 Å². The number of rotatable bonds is 7. The predicted octanol–water partition coefficient (Wildman–Crippen LogP) is 2.37. The van der Waals surface area contributed by atoms with Crippen LogP contribution in [0.25, 0.3) is 0 Å². The average molecular weight is 335 g/mol. The Labute approximate surface area is 135 Å². The Hall–Kier alpha value is -2.25. The summed E-state index contributed by atoms with van der Waals surface area (Å²) in [5.41, 5.74) is 1.45. The quantitative estimate of drug-likeness (QED) is 0.787. The first-order chi connectivity index (χ1) is 11.1. The maximum atomic E-state index is 12.0. The third-order valence-electron chi connectivity index (χ3n) is 3.25. The van der Waals surface area contributed by atoms with Crippen LogP contribution in [0.15, 0.2) is 48.5 Å². The lowest BCUT2D eigenvalue weighted by atomic mass is 10.2. The maximum Gasteiger partial charge on any atom is 0.235 e. The number of nitrogens with one attached hydrogen (secondary N) is 1. The van der Waals surface area contributed by atoms with Crippen molar-refractivity contribution in [2.75, 3.05) is 23.9 Å². The molecule has 0 unspecified atom stereocenters. The van der Waals surface area contributed by atoms with Gasteiger partial charge >= 0.3 is 0 Å². The second-order valence-corrected chi connectivity index (χ2v) is 6.87. The van der Waals surface area contributed by atoms with Gasteiger partial charge in [-0.1, -0.05) is 30.3 Å². The summed E-state index contributed by atoms with van der Waals surface area (Å²) in [4.78, 5) is 0. The van der Waals surface area contributed by atoms with E-state index in [1.165, 1.54) is 0 Å². The maximum absolute atomic E-state index is 12.0. The van der Waals surface area contributed by atoms with Crippen molar-refractivity contribution in [3.63, 3.8) is 0 Å². The Bertz CT molecular complexity index is 761. The van der Waals surface area contributed by atoms with Crippen LogP contribution in [0.2, 0.25) is 0 Å². The van der Waals surface area contributed by atoms with Gasteiger partial charge in [0.2, 0.25) is 16.8 Å². The smallest absolute Gasteiger partial charge is 0.235 e. The molecule has 0 aromatic heterocycles. The predicted molar refractivity (Wildman–Crippen MR) is 86.1 cm³/mol. The zero-order valence-electron chi connectivity index (χ0n) is 12.4. The van der Waals surface area contributed by atoms with Gasteiger partial charge in [-0.15, -0.1) is 0 Å². The van der Waals surface area contributed by atoms with E-state index in [4.69, 9.17) is 14.2 Å². The molecule has 0 saturated heterocycles. The Morgan fingerprint density at radius 2 is 1.83 bits per heavy atom. The van der Waals surface area contributed by atoms with Gasteiger partial charge in [0, 0.05) is 6.07 Å². The van der Waals surface area contributed by atoms with E-state index in [1.54, 1.807) is 18.2 Å². The molecule has 2 aromatic rings. The van der Waals surface area contributed by atoms with Gasteiger partial charge in [0.1, 0.15) is 0 Å². The van der Waals surface area contributed by atoms with Crippen molar-refractivity contribution in [3.8, 4) is 11.5 Å². The molecule has 1 aliphatic heterocycles. The van der Waals surface area contributed by atoms with Crippen LogP contribution in [-0.4, -0.2) is 27.6 Å². The minimum absolute atomic E-state index is 0.117. The lowest BCUT2D eigenvalue weighted by molar-refractivity contribution is 0.135. The van der Waals surface area contributed by atoms with E-state index < -0.39 is 10.0 Å². The summed E-state index contributed by atoms with van der Waals surface area (Å²) in [7, 11) is -3.48. The molecular weight excluding hydrogens is 318 g/mol. The first-order valence-corrected chi connectivity index (χ1v) is 8.79. The van der Waals surface area contributed by atoms with Crippen LogP contribution >= 0.6 is 0 Å². The molecule has 2 aromatic carbocycles. The zero-order chi connectivity index (χ0) is 16.1. The number of hydrogen-bond donors (Lipinski definition) is 1. The number of benzene rings is 2. The van der Waals surface area contributed by atoms with Gasteiger partial charge in [-0.25, -0.2) is 8.42 Å². The molecule has 1 heterocycles. The van der Waals surface area contributed by atoms with Crippen LogP contribution < -0.4 is 14.2 Å². The molecule has 23 heavy (non-hydrogen) atoms.